The maximum Gasteiger partial charge on any atom is 0.221 e. The van der Waals surface area contributed by atoms with E-state index in [2.05, 4.69) is 58.1 Å². The number of carbonyl (C=O) groups excluding carboxylic acids is 1. The number of aromatic nitrogens is 4. The Labute approximate surface area is 173 Å². The van der Waals surface area contributed by atoms with Gasteiger partial charge < -0.3 is 5.32 Å². The monoisotopic (exact) mass is 415 g/mol. The van der Waals surface area contributed by atoms with Gasteiger partial charge in [0, 0.05) is 24.1 Å². The van der Waals surface area contributed by atoms with Gasteiger partial charge in [0.15, 0.2) is 0 Å². The van der Waals surface area contributed by atoms with Crippen molar-refractivity contribution in [3.8, 4) is 0 Å². The second-order valence-corrected chi connectivity index (χ2v) is 8.59. The maximum atomic E-state index is 12.6. The van der Waals surface area contributed by atoms with Crippen molar-refractivity contribution in [2.75, 3.05) is 5.75 Å². The van der Waals surface area contributed by atoms with Gasteiger partial charge in [-0.05, 0) is 45.8 Å². The lowest BCUT2D eigenvalue weighted by molar-refractivity contribution is -0.121. The van der Waals surface area contributed by atoms with E-state index in [1.165, 1.54) is 30.2 Å². The van der Waals surface area contributed by atoms with E-state index < -0.39 is 0 Å². The first-order valence-electron chi connectivity index (χ1n) is 9.44. The number of thiophene rings is 1. The Morgan fingerprint density at radius 2 is 2.11 bits per heavy atom. The van der Waals surface area contributed by atoms with Gasteiger partial charge in [0.05, 0.1) is 6.04 Å². The molecule has 0 aliphatic carbocycles. The molecule has 0 saturated carbocycles. The van der Waals surface area contributed by atoms with Gasteiger partial charge in [-0.25, -0.2) is 4.68 Å². The van der Waals surface area contributed by atoms with Crippen LogP contribution in [0.2, 0.25) is 0 Å². The van der Waals surface area contributed by atoms with Crippen LogP contribution in [-0.2, 0) is 18.3 Å². The minimum atomic E-state index is -0.116. The van der Waals surface area contributed by atoms with Gasteiger partial charge in [0.2, 0.25) is 11.1 Å². The fourth-order valence-corrected chi connectivity index (χ4v) is 4.43. The number of nitrogens with zero attached hydrogens (tertiary/aromatic N) is 4. The van der Waals surface area contributed by atoms with Crippen LogP contribution in [0.1, 0.15) is 48.2 Å². The van der Waals surface area contributed by atoms with Gasteiger partial charge in [-0.2, -0.15) is 0 Å². The van der Waals surface area contributed by atoms with Crippen molar-refractivity contribution in [3.05, 3.63) is 57.8 Å². The summed E-state index contributed by atoms with van der Waals surface area (Å²) in [6, 6.07) is 12.6. The number of nitrogens with one attached hydrogen (secondary N) is 1. The summed E-state index contributed by atoms with van der Waals surface area (Å²) in [7, 11) is 1.79. The molecule has 0 saturated heterocycles. The highest BCUT2D eigenvalue weighted by Crippen LogP contribution is 2.27. The molecule has 1 unspecified atom stereocenters. The minimum absolute atomic E-state index is 0.0242. The molecule has 8 heteroatoms. The molecule has 2 heterocycles. The molecule has 148 valence electrons. The summed E-state index contributed by atoms with van der Waals surface area (Å²) >= 11 is 3.14. The van der Waals surface area contributed by atoms with Crippen LogP contribution >= 0.6 is 23.1 Å². The first-order chi connectivity index (χ1) is 13.7. The number of tetrazole rings is 1. The Hall–Kier alpha value is -2.19. The summed E-state index contributed by atoms with van der Waals surface area (Å²) in [4.78, 5) is 13.7. The zero-order valence-electron chi connectivity index (χ0n) is 16.2. The van der Waals surface area contributed by atoms with Gasteiger partial charge >= 0.3 is 0 Å². The van der Waals surface area contributed by atoms with E-state index in [1.54, 1.807) is 23.1 Å². The lowest BCUT2D eigenvalue weighted by Gasteiger charge is -2.18. The van der Waals surface area contributed by atoms with Crippen molar-refractivity contribution in [1.29, 1.82) is 0 Å². The molecule has 28 heavy (non-hydrogen) atoms. The highest BCUT2D eigenvalue weighted by Gasteiger charge is 2.18. The predicted octanol–water partition coefficient (Wildman–Crippen LogP) is 4.00. The predicted molar refractivity (Wildman–Crippen MR) is 113 cm³/mol. The fourth-order valence-electron chi connectivity index (χ4n) is 2.84. The minimum Gasteiger partial charge on any atom is -0.344 e. The molecule has 1 atom stereocenters. The Kier molecular flexibility index (Phi) is 7.62. The van der Waals surface area contributed by atoms with Crippen LogP contribution in [0.4, 0.5) is 0 Å². The van der Waals surface area contributed by atoms with Crippen LogP contribution < -0.4 is 5.32 Å². The average molecular weight is 416 g/mol. The first-order valence-corrected chi connectivity index (χ1v) is 11.3. The van der Waals surface area contributed by atoms with E-state index in [4.69, 9.17) is 0 Å². The number of thioether (sulfide) groups is 1. The highest BCUT2D eigenvalue weighted by atomic mass is 32.2. The van der Waals surface area contributed by atoms with E-state index in [1.807, 2.05) is 11.4 Å². The first kappa shape index (κ1) is 20.5. The molecule has 1 aromatic carbocycles. The number of hydrogen-bond donors (Lipinski definition) is 1. The van der Waals surface area contributed by atoms with Crippen molar-refractivity contribution in [1.82, 2.24) is 25.5 Å². The van der Waals surface area contributed by atoms with Gasteiger partial charge in [-0.1, -0.05) is 55.4 Å². The number of rotatable bonds is 10. The molecular weight excluding hydrogens is 390 g/mol. The van der Waals surface area contributed by atoms with Gasteiger partial charge in [-0.3, -0.25) is 4.79 Å². The summed E-state index contributed by atoms with van der Waals surface area (Å²) in [5.41, 5.74) is 2.46. The van der Waals surface area contributed by atoms with Crippen molar-refractivity contribution >= 4 is 29.0 Å². The molecule has 3 rings (SSSR count). The van der Waals surface area contributed by atoms with Crippen LogP contribution in [0.25, 0.3) is 0 Å². The number of unbranched alkanes of at least 4 members (excludes halogenated alkanes) is 1. The number of benzene rings is 1. The number of carbonyl (C=O) groups is 1. The summed E-state index contributed by atoms with van der Waals surface area (Å²) in [6.07, 6.45) is 3.90. The molecular formula is C20H25N5OS2. The second-order valence-electron chi connectivity index (χ2n) is 6.54. The van der Waals surface area contributed by atoms with Gasteiger partial charge in [0.25, 0.3) is 0 Å². The van der Waals surface area contributed by atoms with Gasteiger partial charge in [-0.15, -0.1) is 16.4 Å². The normalized spacial score (nSPS) is 12.1. The van der Waals surface area contributed by atoms with Crippen LogP contribution in [0.5, 0.6) is 0 Å². The van der Waals surface area contributed by atoms with E-state index in [0.717, 1.165) is 16.9 Å². The summed E-state index contributed by atoms with van der Waals surface area (Å²) in [5, 5.41) is 17.3. The SMILES string of the molecule is CCCCc1ccc(C(NC(=O)CCSc2nnnn2C)c2cccs2)cc1. The molecule has 0 aliphatic heterocycles. The third-order valence-electron chi connectivity index (χ3n) is 4.41. The van der Waals surface area contributed by atoms with E-state index in [9.17, 15) is 4.79 Å². The zero-order valence-corrected chi connectivity index (χ0v) is 17.8. The van der Waals surface area contributed by atoms with Crippen molar-refractivity contribution in [2.45, 2.75) is 43.8 Å². The smallest absolute Gasteiger partial charge is 0.221 e. The van der Waals surface area contributed by atoms with Crippen molar-refractivity contribution in [3.63, 3.8) is 0 Å². The largest absolute Gasteiger partial charge is 0.344 e. The lowest BCUT2D eigenvalue weighted by atomic mass is 10.0. The average Bonchev–Trinajstić information content (AvgIpc) is 3.37. The number of aryl methyl sites for hydroxylation is 2. The van der Waals surface area contributed by atoms with Crippen LogP contribution in [0.3, 0.4) is 0 Å². The lowest BCUT2D eigenvalue weighted by Crippen LogP contribution is -2.29. The maximum absolute atomic E-state index is 12.6. The standard InChI is InChI=1S/C20H25N5OS2/c1-3-4-6-15-8-10-16(11-9-15)19(17-7-5-13-27-17)21-18(26)12-14-28-20-22-23-24-25(20)2/h5,7-11,13,19H,3-4,6,12,14H2,1-2H3,(H,21,26). The molecule has 0 bridgehead atoms. The highest BCUT2D eigenvalue weighted by molar-refractivity contribution is 7.99. The molecule has 0 aliphatic rings. The zero-order chi connectivity index (χ0) is 19.8. The molecule has 0 fully saturated rings. The molecule has 2 aromatic heterocycles. The van der Waals surface area contributed by atoms with Crippen molar-refractivity contribution < 1.29 is 4.79 Å². The topological polar surface area (TPSA) is 72.7 Å². The Bertz CT molecular complexity index is 861. The third kappa shape index (κ3) is 5.65. The van der Waals surface area contributed by atoms with Crippen LogP contribution in [0, 0.1) is 0 Å². The molecule has 0 radical (unpaired) electrons. The Morgan fingerprint density at radius 1 is 1.29 bits per heavy atom. The summed E-state index contributed by atoms with van der Waals surface area (Å²) < 4.78 is 1.61. The quantitative estimate of drug-likeness (QED) is 0.507. The number of amides is 1. The van der Waals surface area contributed by atoms with Crippen molar-refractivity contribution in [2.24, 2.45) is 7.05 Å². The number of hydrogen-bond acceptors (Lipinski definition) is 6. The van der Waals surface area contributed by atoms with E-state index in [0.29, 0.717) is 17.3 Å². The third-order valence-corrected chi connectivity index (χ3v) is 6.36. The summed E-state index contributed by atoms with van der Waals surface area (Å²) in [6.45, 7) is 2.20. The Morgan fingerprint density at radius 3 is 2.75 bits per heavy atom. The second kappa shape index (κ2) is 10.4. The van der Waals surface area contributed by atoms with E-state index >= 15 is 0 Å². The molecule has 3 aromatic rings. The molecule has 1 amide bonds. The Balaban J connectivity index is 1.62. The van der Waals surface area contributed by atoms with Gasteiger partial charge in [0.1, 0.15) is 0 Å². The summed E-state index contributed by atoms with van der Waals surface area (Å²) in [5.74, 6) is 0.656. The van der Waals surface area contributed by atoms with Crippen LogP contribution in [-0.4, -0.2) is 31.9 Å². The molecule has 0 spiro atoms. The fraction of sp³-hybridized carbons (Fsp3) is 0.400. The molecule has 6 nitrogen and oxygen atoms in total. The molecule has 1 N–H and O–H groups in total. The van der Waals surface area contributed by atoms with E-state index in [-0.39, 0.29) is 11.9 Å². The van der Waals surface area contributed by atoms with Crippen LogP contribution in [0.15, 0.2) is 46.9 Å².